The molecule has 2 saturated carbocycles. The number of ether oxygens (including phenoxy) is 2. The lowest BCUT2D eigenvalue weighted by Gasteiger charge is -2.42. The van der Waals surface area contributed by atoms with Crippen LogP contribution in [-0.4, -0.2) is 12.6 Å². The van der Waals surface area contributed by atoms with E-state index in [2.05, 4.69) is 25.7 Å². The van der Waals surface area contributed by atoms with E-state index < -0.39 is 17.6 Å². The lowest BCUT2D eigenvalue weighted by atomic mass is 9.63. The molecule has 0 aromatic heterocycles. The Bertz CT molecular complexity index is 1020. The van der Waals surface area contributed by atoms with E-state index in [-0.39, 0.29) is 22.8 Å². The summed E-state index contributed by atoms with van der Waals surface area (Å²) in [4.78, 5) is 12.5. The fraction of sp³-hybridized carbons (Fsp3) is 0.414. The summed E-state index contributed by atoms with van der Waals surface area (Å²) in [6.07, 6.45) is 12.1. The molecule has 2 aromatic carbocycles. The van der Waals surface area contributed by atoms with Gasteiger partial charge in [-0.3, -0.25) is 0 Å². The molecule has 34 heavy (non-hydrogen) atoms. The minimum atomic E-state index is -0.796. The molecule has 4 rings (SSSR count). The van der Waals surface area contributed by atoms with Crippen LogP contribution in [0.2, 0.25) is 0 Å². The fourth-order valence-corrected chi connectivity index (χ4v) is 5.65. The van der Waals surface area contributed by atoms with Gasteiger partial charge in [-0.2, -0.15) is 0 Å². The van der Waals surface area contributed by atoms with Gasteiger partial charge in [0, 0.05) is 5.56 Å². The highest BCUT2D eigenvalue weighted by Gasteiger charge is 2.37. The molecule has 0 amide bonds. The van der Waals surface area contributed by atoms with Gasteiger partial charge in [-0.1, -0.05) is 24.8 Å². The minimum absolute atomic E-state index is 0.120. The second-order valence-electron chi connectivity index (χ2n) is 9.44. The van der Waals surface area contributed by atoms with E-state index in [4.69, 9.17) is 9.47 Å². The van der Waals surface area contributed by atoms with Gasteiger partial charge in [-0.15, -0.1) is 0 Å². The molecule has 0 aliphatic heterocycles. The maximum atomic E-state index is 15.1. The van der Waals surface area contributed by atoms with Crippen LogP contribution < -0.4 is 9.47 Å². The van der Waals surface area contributed by atoms with Gasteiger partial charge < -0.3 is 9.47 Å². The van der Waals surface area contributed by atoms with Gasteiger partial charge in [0.1, 0.15) is 29.7 Å². The highest BCUT2D eigenvalue weighted by molar-refractivity contribution is 5.91. The number of carbonyl (C=O) groups excluding carboxylic acids is 1. The van der Waals surface area contributed by atoms with Crippen LogP contribution in [0.25, 0.3) is 0 Å². The largest absolute Gasteiger partial charge is 0.490 e. The van der Waals surface area contributed by atoms with Crippen molar-refractivity contribution < 1.29 is 23.0 Å². The summed E-state index contributed by atoms with van der Waals surface area (Å²) in [5.41, 5.74) is -0.0134. The predicted molar refractivity (Wildman–Crippen MR) is 129 cm³/mol. The summed E-state index contributed by atoms with van der Waals surface area (Å²) in [5.74, 6) is 0.402. The second kappa shape index (κ2) is 11.0. The second-order valence-corrected chi connectivity index (χ2v) is 9.44. The van der Waals surface area contributed by atoms with Gasteiger partial charge in [-0.05, 0) is 106 Å². The SMILES string of the molecule is C=CCOc1ccc(OC(=O)c2cc(F)c(C3CCC4CC(/C=C/C)CCC4C3)c(F)c2)cc1. The molecule has 2 aliphatic rings. The van der Waals surface area contributed by atoms with Crippen LogP contribution in [0.3, 0.4) is 0 Å². The van der Waals surface area contributed by atoms with Gasteiger partial charge in [-0.25, -0.2) is 13.6 Å². The number of hydrogen-bond acceptors (Lipinski definition) is 3. The van der Waals surface area contributed by atoms with Crippen LogP contribution >= 0.6 is 0 Å². The normalized spacial score (nSPS) is 24.4. The molecule has 0 bridgehead atoms. The number of fused-ring (bicyclic) bond motifs is 1. The minimum Gasteiger partial charge on any atom is -0.490 e. The number of halogens is 2. The zero-order valence-corrected chi connectivity index (χ0v) is 19.6. The van der Waals surface area contributed by atoms with Crippen molar-refractivity contribution in [1.82, 2.24) is 0 Å². The van der Waals surface area contributed by atoms with Crippen molar-refractivity contribution in [2.45, 2.75) is 51.4 Å². The Morgan fingerprint density at radius 1 is 1.00 bits per heavy atom. The Labute approximate surface area is 200 Å². The van der Waals surface area contributed by atoms with Crippen molar-refractivity contribution in [2.75, 3.05) is 6.61 Å². The number of benzene rings is 2. The van der Waals surface area contributed by atoms with Crippen LogP contribution in [0, 0.1) is 29.4 Å². The predicted octanol–water partition coefficient (Wildman–Crippen LogP) is 7.62. The number of allylic oxidation sites excluding steroid dienone is 2. The van der Waals surface area contributed by atoms with Crippen LogP contribution in [0.5, 0.6) is 11.5 Å². The molecule has 2 fully saturated rings. The summed E-state index contributed by atoms with van der Waals surface area (Å²) in [6.45, 7) is 6.01. The maximum Gasteiger partial charge on any atom is 0.343 e. The van der Waals surface area contributed by atoms with E-state index in [0.29, 0.717) is 30.1 Å². The maximum absolute atomic E-state index is 15.1. The van der Waals surface area contributed by atoms with E-state index >= 15 is 8.78 Å². The standard InChI is InChI=1S/C29H32F2O3/c1-3-5-19-6-7-21-16-22(9-8-20(21)15-19)28-26(30)17-23(18-27(28)31)29(32)34-25-12-10-24(11-13-25)33-14-4-2/h3-5,10-13,17-22H,2,6-9,14-16H2,1H3/b5-3+. The topological polar surface area (TPSA) is 35.5 Å². The molecule has 0 saturated heterocycles. The van der Waals surface area contributed by atoms with Crippen LogP contribution in [-0.2, 0) is 0 Å². The first-order valence-corrected chi connectivity index (χ1v) is 12.2. The summed E-state index contributed by atoms with van der Waals surface area (Å²) >= 11 is 0. The van der Waals surface area contributed by atoms with Crippen molar-refractivity contribution >= 4 is 5.97 Å². The van der Waals surface area contributed by atoms with E-state index in [0.717, 1.165) is 44.2 Å². The van der Waals surface area contributed by atoms with Gasteiger partial charge in [0.15, 0.2) is 0 Å². The Hall–Kier alpha value is -2.95. The number of carbonyl (C=O) groups is 1. The third kappa shape index (κ3) is 5.57. The molecule has 3 nitrogen and oxygen atoms in total. The van der Waals surface area contributed by atoms with Gasteiger partial charge >= 0.3 is 5.97 Å². The monoisotopic (exact) mass is 466 g/mol. The zero-order valence-electron chi connectivity index (χ0n) is 19.6. The zero-order chi connectivity index (χ0) is 24.1. The molecular weight excluding hydrogens is 434 g/mol. The Morgan fingerprint density at radius 2 is 1.65 bits per heavy atom. The number of rotatable bonds is 7. The molecule has 0 heterocycles. The van der Waals surface area contributed by atoms with Crippen molar-refractivity contribution in [1.29, 1.82) is 0 Å². The van der Waals surface area contributed by atoms with Crippen LogP contribution in [0.1, 0.15) is 67.3 Å². The van der Waals surface area contributed by atoms with Crippen LogP contribution in [0.15, 0.2) is 61.2 Å². The van der Waals surface area contributed by atoms with Crippen molar-refractivity contribution in [3.05, 3.63) is 84.0 Å². The quantitative estimate of drug-likeness (QED) is 0.239. The first-order valence-electron chi connectivity index (χ1n) is 12.2. The average molecular weight is 467 g/mol. The molecule has 4 atom stereocenters. The summed E-state index contributed by atoms with van der Waals surface area (Å²) in [5, 5.41) is 0. The fourth-order valence-electron chi connectivity index (χ4n) is 5.65. The van der Waals surface area contributed by atoms with Crippen molar-refractivity contribution in [3.8, 4) is 11.5 Å². The Balaban J connectivity index is 1.42. The van der Waals surface area contributed by atoms with E-state index in [1.165, 1.54) is 6.42 Å². The lowest BCUT2D eigenvalue weighted by Crippen LogP contribution is -2.30. The molecule has 0 radical (unpaired) electrons. The molecule has 4 unspecified atom stereocenters. The summed E-state index contributed by atoms with van der Waals surface area (Å²) in [7, 11) is 0. The van der Waals surface area contributed by atoms with Gasteiger partial charge in [0.05, 0.1) is 5.56 Å². The molecule has 0 N–H and O–H groups in total. The Morgan fingerprint density at radius 3 is 2.32 bits per heavy atom. The first kappa shape index (κ1) is 24.2. The first-order chi connectivity index (χ1) is 16.5. The van der Waals surface area contributed by atoms with E-state index in [9.17, 15) is 4.79 Å². The molecule has 180 valence electrons. The van der Waals surface area contributed by atoms with E-state index in [1.54, 1.807) is 30.3 Å². The molecule has 2 aliphatic carbocycles. The molecular formula is C29H32F2O3. The lowest BCUT2D eigenvalue weighted by molar-refractivity contribution is 0.0733. The van der Waals surface area contributed by atoms with Crippen molar-refractivity contribution in [3.63, 3.8) is 0 Å². The smallest absolute Gasteiger partial charge is 0.343 e. The third-order valence-electron chi connectivity index (χ3n) is 7.24. The number of hydrogen-bond donors (Lipinski definition) is 0. The summed E-state index contributed by atoms with van der Waals surface area (Å²) in [6, 6.07) is 8.66. The Kier molecular flexibility index (Phi) is 7.81. The molecule has 5 heteroatoms. The number of esters is 1. The van der Waals surface area contributed by atoms with Crippen molar-refractivity contribution in [2.24, 2.45) is 17.8 Å². The van der Waals surface area contributed by atoms with E-state index in [1.807, 2.05) is 0 Å². The van der Waals surface area contributed by atoms with Gasteiger partial charge in [0.2, 0.25) is 0 Å². The summed E-state index contributed by atoms with van der Waals surface area (Å²) < 4.78 is 40.8. The molecule has 2 aromatic rings. The highest BCUT2D eigenvalue weighted by atomic mass is 19.1. The average Bonchev–Trinajstić information content (AvgIpc) is 2.83. The third-order valence-corrected chi connectivity index (χ3v) is 7.24. The highest BCUT2D eigenvalue weighted by Crippen LogP contribution is 2.48. The molecule has 0 spiro atoms. The van der Waals surface area contributed by atoms with Crippen LogP contribution in [0.4, 0.5) is 8.78 Å². The van der Waals surface area contributed by atoms with Gasteiger partial charge in [0.25, 0.3) is 0 Å².